The number of likely N-dealkylation sites (tertiary alicyclic amines) is 2. The lowest BCUT2D eigenvalue weighted by molar-refractivity contribution is -0.148. The molecule has 0 unspecified atom stereocenters. The predicted molar refractivity (Wildman–Crippen MR) is 282 cm³/mol. The van der Waals surface area contributed by atoms with E-state index in [2.05, 4.69) is 40.1 Å². The highest BCUT2D eigenvalue weighted by molar-refractivity contribution is 5.88. The Hall–Kier alpha value is -4.75. The molecule has 384 valence electrons. The topological polar surface area (TPSA) is 136 Å². The first-order valence-electron chi connectivity index (χ1n) is 27.7. The molecule has 0 spiro atoms. The van der Waals surface area contributed by atoms with Gasteiger partial charge in [0.1, 0.15) is 6.04 Å². The Morgan fingerprint density at radius 1 is 0.729 bits per heavy atom. The van der Waals surface area contributed by atoms with Crippen molar-refractivity contribution in [2.24, 2.45) is 0 Å². The molecule has 3 aliphatic heterocycles. The summed E-state index contributed by atoms with van der Waals surface area (Å²) in [5.74, 6) is -0.217. The monoisotopic (exact) mass is 963 g/mol. The molecule has 0 saturated carbocycles. The van der Waals surface area contributed by atoms with E-state index in [0.717, 1.165) is 96.8 Å². The quantitative estimate of drug-likeness (QED) is 0.0469. The molecule has 3 aliphatic rings. The number of carbonyl (C=O) groups is 3. The van der Waals surface area contributed by atoms with Gasteiger partial charge in [-0.2, -0.15) is 5.10 Å². The van der Waals surface area contributed by atoms with E-state index in [1.165, 1.54) is 89.9 Å². The Morgan fingerprint density at radius 2 is 1.34 bits per heavy atom. The van der Waals surface area contributed by atoms with Crippen molar-refractivity contribution in [1.29, 1.82) is 0 Å². The number of esters is 1. The number of rotatable bonds is 26. The predicted octanol–water partition coefficient (Wildman–Crippen LogP) is 10.5. The highest BCUT2D eigenvalue weighted by atomic mass is 16.5. The van der Waals surface area contributed by atoms with Crippen LogP contribution in [-0.4, -0.2) is 124 Å². The lowest BCUT2D eigenvalue weighted by Gasteiger charge is -2.43. The number of fused-ring (bicyclic) bond motifs is 2. The van der Waals surface area contributed by atoms with Crippen molar-refractivity contribution in [2.45, 2.75) is 186 Å². The molecule has 7 rings (SSSR count). The van der Waals surface area contributed by atoms with Crippen molar-refractivity contribution in [2.75, 3.05) is 59.4 Å². The number of benzene rings is 2. The molecule has 1 atom stereocenters. The van der Waals surface area contributed by atoms with Gasteiger partial charge in [0, 0.05) is 80.8 Å². The summed E-state index contributed by atoms with van der Waals surface area (Å²) >= 11 is 0. The molecular weight excluding hydrogens is 877 g/mol. The number of H-pyrrole nitrogens is 1. The molecule has 0 aliphatic carbocycles. The minimum absolute atomic E-state index is 0.0448. The van der Waals surface area contributed by atoms with Crippen LogP contribution in [0.1, 0.15) is 171 Å². The summed E-state index contributed by atoms with van der Waals surface area (Å²) in [6.07, 6.45) is 28.5. The van der Waals surface area contributed by atoms with Crippen LogP contribution in [0.25, 0.3) is 21.8 Å². The minimum atomic E-state index is -0.759. The second-order valence-electron chi connectivity index (χ2n) is 21.1. The van der Waals surface area contributed by atoms with Crippen molar-refractivity contribution in [3.05, 3.63) is 75.7 Å². The lowest BCUT2D eigenvalue weighted by atomic mass is 9.89. The number of carbonyl (C=O) groups excluding carboxylic acids is 3. The van der Waals surface area contributed by atoms with E-state index >= 15 is 0 Å². The molecule has 13 nitrogen and oxygen atoms in total. The SMILES string of the molecule is CCCCCCCCCCCCCCCCCCCC(=O)OCn1cc2cc(C[C@@H](NC(=O)N3CCC(c4cc5ccccc5[nH]c4=O)CC3)C(=O)N3CCN(C4CCN(C)CC4)CC3)cc(C)c2n1. The molecule has 2 N–H and O–H groups in total. The number of aryl methyl sites for hydroxylation is 1. The summed E-state index contributed by atoms with van der Waals surface area (Å²) in [5.41, 5.74) is 4.21. The molecule has 0 bridgehead atoms. The summed E-state index contributed by atoms with van der Waals surface area (Å²) in [6, 6.07) is 13.4. The number of unbranched alkanes of at least 4 members (excludes halogenated alkanes) is 16. The molecule has 5 heterocycles. The molecule has 2 aromatic heterocycles. The number of ether oxygens (including phenoxy) is 1. The Kier molecular flexibility index (Phi) is 21.0. The molecule has 0 radical (unpaired) electrons. The molecule has 3 fully saturated rings. The zero-order chi connectivity index (χ0) is 49.1. The number of urea groups is 1. The molecule has 3 saturated heterocycles. The maximum absolute atomic E-state index is 14.5. The number of para-hydroxylation sites is 1. The van der Waals surface area contributed by atoms with Crippen LogP contribution in [0, 0.1) is 6.92 Å². The second kappa shape index (κ2) is 27.7. The summed E-state index contributed by atoms with van der Waals surface area (Å²) in [4.78, 5) is 66.1. The van der Waals surface area contributed by atoms with Gasteiger partial charge in [-0.1, -0.05) is 134 Å². The van der Waals surface area contributed by atoms with Gasteiger partial charge in [0.15, 0.2) is 6.73 Å². The van der Waals surface area contributed by atoms with Gasteiger partial charge >= 0.3 is 12.0 Å². The fourth-order valence-electron chi connectivity index (χ4n) is 11.3. The normalized spacial score (nSPS) is 17.1. The number of nitrogens with one attached hydrogen (secondary N) is 2. The molecule has 2 aromatic carbocycles. The maximum atomic E-state index is 14.5. The van der Waals surface area contributed by atoms with Gasteiger partial charge in [0.25, 0.3) is 5.56 Å². The third kappa shape index (κ3) is 15.9. The minimum Gasteiger partial charge on any atom is -0.442 e. The Bertz CT molecular complexity index is 2300. The van der Waals surface area contributed by atoms with Crippen LogP contribution in [0.3, 0.4) is 0 Å². The number of aromatic amines is 1. The van der Waals surface area contributed by atoms with Gasteiger partial charge in [0.05, 0.1) is 5.52 Å². The van der Waals surface area contributed by atoms with Gasteiger partial charge in [-0.15, -0.1) is 0 Å². The number of piperidine rings is 2. The first-order chi connectivity index (χ1) is 34.1. The Balaban J connectivity index is 0.872. The van der Waals surface area contributed by atoms with Crippen LogP contribution in [-0.2, 0) is 27.5 Å². The second-order valence-corrected chi connectivity index (χ2v) is 21.1. The standard InChI is InChI=1S/C57H86N8O5/c1-4-5-6-7-8-9-10-11-12-13-14-15-16-17-18-19-20-25-53(66)70-43-65-42-48-39-45(38-44(2)54(48)60-65)40-52(56(68)63-36-34-62(35-37-63)49-28-30-61(3)31-29-49)59-57(69)64-32-26-46(27-33-64)50-41-47-23-21-22-24-51(47)58-55(50)67/h21-24,38-39,41-42,46,49,52H,4-20,25-37,40,43H2,1-3H3,(H,58,67)(H,59,69)/t52-/m1/s1. The van der Waals surface area contributed by atoms with Gasteiger partial charge in [-0.3, -0.25) is 19.3 Å². The highest BCUT2D eigenvalue weighted by Crippen LogP contribution is 2.28. The fraction of sp³-hybridized carbons (Fsp3) is 0.667. The molecule has 4 aromatic rings. The lowest BCUT2D eigenvalue weighted by Crippen LogP contribution is -2.59. The number of pyridine rings is 1. The van der Waals surface area contributed by atoms with Crippen LogP contribution >= 0.6 is 0 Å². The van der Waals surface area contributed by atoms with Gasteiger partial charge < -0.3 is 29.7 Å². The van der Waals surface area contributed by atoms with Crippen molar-refractivity contribution in [3.63, 3.8) is 0 Å². The molecule has 13 heteroatoms. The van der Waals surface area contributed by atoms with Crippen LogP contribution in [0.15, 0.2) is 53.5 Å². The third-order valence-corrected chi connectivity index (χ3v) is 15.6. The maximum Gasteiger partial charge on any atom is 0.318 e. The van der Waals surface area contributed by atoms with Gasteiger partial charge in [-0.05, 0) is 99.8 Å². The number of hydrogen-bond donors (Lipinski definition) is 2. The first-order valence-corrected chi connectivity index (χ1v) is 27.7. The first kappa shape index (κ1) is 53.1. The molecular formula is C57H86N8O5. The molecule has 3 amide bonds. The van der Waals surface area contributed by atoms with Crippen LogP contribution in [0.5, 0.6) is 0 Å². The van der Waals surface area contributed by atoms with E-state index in [9.17, 15) is 19.2 Å². The van der Waals surface area contributed by atoms with E-state index in [0.29, 0.717) is 57.9 Å². The number of aromatic nitrogens is 3. The van der Waals surface area contributed by atoms with Crippen molar-refractivity contribution >= 4 is 39.7 Å². The van der Waals surface area contributed by atoms with E-state index in [-0.39, 0.29) is 36.1 Å². The average Bonchev–Trinajstić information content (AvgIpc) is 3.80. The smallest absolute Gasteiger partial charge is 0.318 e. The van der Waals surface area contributed by atoms with Crippen LogP contribution < -0.4 is 10.9 Å². The van der Waals surface area contributed by atoms with E-state index in [1.807, 2.05) is 54.4 Å². The number of piperazine rings is 1. The van der Waals surface area contributed by atoms with Crippen LogP contribution in [0.2, 0.25) is 0 Å². The summed E-state index contributed by atoms with van der Waals surface area (Å²) < 4.78 is 7.34. The van der Waals surface area contributed by atoms with E-state index < -0.39 is 6.04 Å². The largest absolute Gasteiger partial charge is 0.442 e. The number of nitrogens with zero attached hydrogens (tertiary/aromatic N) is 6. The zero-order valence-electron chi connectivity index (χ0n) is 43.2. The van der Waals surface area contributed by atoms with Crippen molar-refractivity contribution < 1.29 is 19.1 Å². The van der Waals surface area contributed by atoms with E-state index in [1.54, 1.807) is 9.58 Å². The third-order valence-electron chi connectivity index (χ3n) is 15.6. The number of hydrogen-bond acceptors (Lipinski definition) is 8. The summed E-state index contributed by atoms with van der Waals surface area (Å²) in [5, 5.41) is 9.85. The fourth-order valence-corrected chi connectivity index (χ4v) is 11.3. The van der Waals surface area contributed by atoms with Crippen molar-refractivity contribution in [3.8, 4) is 0 Å². The van der Waals surface area contributed by atoms with E-state index in [4.69, 9.17) is 9.84 Å². The summed E-state index contributed by atoms with van der Waals surface area (Å²) in [6.45, 7) is 10.4. The average molecular weight is 963 g/mol. The molecule has 70 heavy (non-hydrogen) atoms. The zero-order valence-corrected chi connectivity index (χ0v) is 43.2. The van der Waals surface area contributed by atoms with Crippen LogP contribution in [0.4, 0.5) is 4.79 Å². The highest BCUT2D eigenvalue weighted by Gasteiger charge is 2.34. The van der Waals surface area contributed by atoms with Crippen molar-refractivity contribution in [1.82, 2.24) is 39.7 Å². The van der Waals surface area contributed by atoms with Gasteiger partial charge in [-0.25, -0.2) is 9.48 Å². The Labute approximate surface area is 418 Å². The van der Waals surface area contributed by atoms with Gasteiger partial charge in [0.2, 0.25) is 5.91 Å². The summed E-state index contributed by atoms with van der Waals surface area (Å²) in [7, 11) is 2.18. The Morgan fingerprint density at radius 3 is 1.99 bits per heavy atom. The number of amides is 3.